The summed E-state index contributed by atoms with van der Waals surface area (Å²) in [6.45, 7) is 7.63. The van der Waals surface area contributed by atoms with Gasteiger partial charge in [-0.05, 0) is 33.8 Å². The van der Waals surface area contributed by atoms with Gasteiger partial charge >= 0.3 is 12.0 Å². The zero-order valence-electron chi connectivity index (χ0n) is 13.8. The summed E-state index contributed by atoms with van der Waals surface area (Å²) in [5.74, 6) is 0.172. The standard InChI is InChI=1S/C17H22N2O4/c1-5-22-13-9-7-6-8-12(13)15-14(16(20)23-10(2)3)11(4)18-17(21)19-15/h6-10,15H,5H2,1-4H3,(H2,18,19,21)/t15-/m0/s1. The highest BCUT2D eigenvalue weighted by molar-refractivity contribution is 5.95. The van der Waals surface area contributed by atoms with E-state index in [1.807, 2.05) is 31.2 Å². The van der Waals surface area contributed by atoms with Crippen LogP contribution in [0.15, 0.2) is 35.5 Å². The zero-order valence-corrected chi connectivity index (χ0v) is 13.8. The van der Waals surface area contributed by atoms with Crippen molar-refractivity contribution in [1.29, 1.82) is 0 Å². The summed E-state index contributed by atoms with van der Waals surface area (Å²) in [4.78, 5) is 24.3. The van der Waals surface area contributed by atoms with Gasteiger partial charge in [0.25, 0.3) is 0 Å². The Kier molecular flexibility index (Phi) is 5.26. The van der Waals surface area contributed by atoms with E-state index in [2.05, 4.69) is 10.6 Å². The number of carbonyl (C=O) groups is 2. The van der Waals surface area contributed by atoms with E-state index in [-0.39, 0.29) is 12.1 Å². The van der Waals surface area contributed by atoms with Gasteiger partial charge in [0.05, 0.1) is 24.3 Å². The van der Waals surface area contributed by atoms with Crippen LogP contribution in [0.4, 0.5) is 4.79 Å². The average Bonchev–Trinajstić information content (AvgIpc) is 2.46. The van der Waals surface area contributed by atoms with E-state index < -0.39 is 12.0 Å². The number of urea groups is 1. The molecule has 6 heteroatoms. The molecule has 2 N–H and O–H groups in total. The fourth-order valence-corrected chi connectivity index (χ4v) is 2.48. The van der Waals surface area contributed by atoms with Crippen LogP contribution in [0.3, 0.4) is 0 Å². The summed E-state index contributed by atoms with van der Waals surface area (Å²) in [6.07, 6.45) is -0.247. The Morgan fingerprint density at radius 1 is 1.30 bits per heavy atom. The van der Waals surface area contributed by atoms with Crippen LogP contribution in [0.2, 0.25) is 0 Å². The molecule has 0 bridgehead atoms. The molecular formula is C17H22N2O4. The molecule has 1 aromatic rings. The number of benzene rings is 1. The summed E-state index contributed by atoms with van der Waals surface area (Å²) >= 11 is 0. The molecule has 0 unspecified atom stereocenters. The van der Waals surface area contributed by atoms with Gasteiger partial charge in [-0.2, -0.15) is 0 Å². The maximum Gasteiger partial charge on any atom is 0.338 e. The number of hydrogen-bond acceptors (Lipinski definition) is 4. The van der Waals surface area contributed by atoms with Crippen molar-refractivity contribution in [2.75, 3.05) is 6.61 Å². The van der Waals surface area contributed by atoms with E-state index in [4.69, 9.17) is 9.47 Å². The lowest BCUT2D eigenvalue weighted by atomic mass is 9.95. The monoisotopic (exact) mass is 318 g/mol. The minimum absolute atomic E-state index is 0.247. The van der Waals surface area contributed by atoms with Crippen LogP contribution >= 0.6 is 0 Å². The molecule has 1 aliphatic rings. The van der Waals surface area contributed by atoms with Crippen LogP contribution in [0.5, 0.6) is 5.75 Å². The van der Waals surface area contributed by atoms with Gasteiger partial charge in [0, 0.05) is 11.3 Å². The first-order valence-electron chi connectivity index (χ1n) is 7.65. The molecule has 2 rings (SSSR count). The number of para-hydroxylation sites is 1. The van der Waals surface area contributed by atoms with Crippen molar-refractivity contribution >= 4 is 12.0 Å². The molecule has 124 valence electrons. The molecule has 0 saturated heterocycles. The van der Waals surface area contributed by atoms with Crippen LogP contribution in [0.25, 0.3) is 0 Å². The van der Waals surface area contributed by atoms with E-state index >= 15 is 0 Å². The number of allylic oxidation sites excluding steroid dienone is 1. The first-order chi connectivity index (χ1) is 10.9. The lowest BCUT2D eigenvalue weighted by molar-refractivity contribution is -0.143. The van der Waals surface area contributed by atoms with Crippen LogP contribution in [0, 0.1) is 0 Å². The second-order valence-electron chi connectivity index (χ2n) is 5.50. The second kappa shape index (κ2) is 7.17. The van der Waals surface area contributed by atoms with Gasteiger partial charge < -0.3 is 20.1 Å². The van der Waals surface area contributed by atoms with E-state index in [0.29, 0.717) is 23.6 Å². The smallest absolute Gasteiger partial charge is 0.338 e. The van der Waals surface area contributed by atoms with Crippen molar-refractivity contribution in [3.63, 3.8) is 0 Å². The Morgan fingerprint density at radius 2 is 2.00 bits per heavy atom. The summed E-state index contributed by atoms with van der Waals surface area (Å²) < 4.78 is 10.9. The van der Waals surface area contributed by atoms with Gasteiger partial charge in [0.15, 0.2) is 0 Å². The van der Waals surface area contributed by atoms with E-state index in [1.54, 1.807) is 20.8 Å². The molecule has 0 aliphatic carbocycles. The number of carbonyl (C=O) groups excluding carboxylic acids is 2. The summed E-state index contributed by atoms with van der Waals surface area (Å²) in [5.41, 5.74) is 1.58. The van der Waals surface area contributed by atoms with Gasteiger partial charge in [-0.25, -0.2) is 9.59 Å². The Balaban J connectivity index is 2.47. The predicted molar refractivity (Wildman–Crippen MR) is 85.9 cm³/mol. The van der Waals surface area contributed by atoms with Gasteiger partial charge in [-0.15, -0.1) is 0 Å². The molecule has 6 nitrogen and oxygen atoms in total. The third kappa shape index (κ3) is 3.83. The van der Waals surface area contributed by atoms with Crippen LogP contribution < -0.4 is 15.4 Å². The second-order valence-corrected chi connectivity index (χ2v) is 5.50. The normalized spacial score (nSPS) is 17.6. The topological polar surface area (TPSA) is 76.7 Å². The van der Waals surface area contributed by atoms with E-state index in [9.17, 15) is 9.59 Å². The summed E-state index contributed by atoms with van der Waals surface area (Å²) in [7, 11) is 0. The van der Waals surface area contributed by atoms with Crippen LogP contribution in [0.1, 0.15) is 39.3 Å². The minimum atomic E-state index is -0.613. The first kappa shape index (κ1) is 16.9. The van der Waals surface area contributed by atoms with Crippen molar-refractivity contribution in [2.45, 2.75) is 39.8 Å². The van der Waals surface area contributed by atoms with Crippen molar-refractivity contribution in [3.8, 4) is 5.75 Å². The zero-order chi connectivity index (χ0) is 17.0. The molecule has 1 aromatic carbocycles. The molecule has 1 heterocycles. The average molecular weight is 318 g/mol. The molecule has 0 fully saturated rings. The Bertz CT molecular complexity index is 637. The number of rotatable bonds is 5. The highest BCUT2D eigenvalue weighted by atomic mass is 16.5. The number of amides is 2. The molecular weight excluding hydrogens is 296 g/mol. The molecule has 1 atom stereocenters. The van der Waals surface area contributed by atoms with E-state index in [0.717, 1.165) is 5.56 Å². The molecule has 0 saturated carbocycles. The van der Waals surface area contributed by atoms with Crippen molar-refractivity contribution < 1.29 is 19.1 Å². The number of hydrogen-bond donors (Lipinski definition) is 2. The van der Waals surface area contributed by atoms with Gasteiger partial charge in [0.1, 0.15) is 5.75 Å². The molecule has 23 heavy (non-hydrogen) atoms. The maximum absolute atomic E-state index is 12.5. The third-order valence-electron chi connectivity index (χ3n) is 3.36. The van der Waals surface area contributed by atoms with Crippen LogP contribution in [-0.2, 0) is 9.53 Å². The Morgan fingerprint density at radius 3 is 2.65 bits per heavy atom. The lowest BCUT2D eigenvalue weighted by Crippen LogP contribution is -2.45. The van der Waals surface area contributed by atoms with Gasteiger partial charge in [0.2, 0.25) is 0 Å². The molecule has 0 aromatic heterocycles. The highest BCUT2D eigenvalue weighted by Crippen LogP contribution is 2.33. The third-order valence-corrected chi connectivity index (χ3v) is 3.36. The predicted octanol–water partition coefficient (Wildman–Crippen LogP) is 2.66. The molecule has 0 radical (unpaired) electrons. The molecule has 1 aliphatic heterocycles. The number of ether oxygens (including phenoxy) is 2. The number of esters is 1. The summed E-state index contributed by atoms with van der Waals surface area (Å²) in [5, 5.41) is 5.40. The quantitative estimate of drug-likeness (QED) is 0.818. The van der Waals surface area contributed by atoms with Crippen molar-refractivity contribution in [2.24, 2.45) is 0 Å². The summed E-state index contributed by atoms with van der Waals surface area (Å²) in [6, 6.07) is 6.36. The molecule has 2 amide bonds. The SMILES string of the molecule is CCOc1ccccc1[C@@H]1NC(=O)NC(C)=C1C(=O)OC(C)C. The van der Waals surface area contributed by atoms with E-state index in [1.165, 1.54) is 0 Å². The lowest BCUT2D eigenvalue weighted by Gasteiger charge is -2.29. The van der Waals surface area contributed by atoms with Crippen molar-refractivity contribution in [3.05, 3.63) is 41.1 Å². The first-order valence-corrected chi connectivity index (χ1v) is 7.65. The number of nitrogens with one attached hydrogen (secondary N) is 2. The minimum Gasteiger partial charge on any atom is -0.494 e. The maximum atomic E-state index is 12.5. The highest BCUT2D eigenvalue weighted by Gasteiger charge is 2.34. The Labute approximate surface area is 135 Å². The molecule has 0 spiro atoms. The Hall–Kier alpha value is -2.50. The fraction of sp³-hybridized carbons (Fsp3) is 0.412. The van der Waals surface area contributed by atoms with Gasteiger partial charge in [-0.1, -0.05) is 18.2 Å². The van der Waals surface area contributed by atoms with Crippen LogP contribution in [-0.4, -0.2) is 24.7 Å². The fourth-order valence-electron chi connectivity index (χ4n) is 2.48. The largest absolute Gasteiger partial charge is 0.494 e. The van der Waals surface area contributed by atoms with Gasteiger partial charge in [-0.3, -0.25) is 0 Å². The van der Waals surface area contributed by atoms with Crippen molar-refractivity contribution in [1.82, 2.24) is 10.6 Å².